The largest absolute Gasteiger partial charge is 0.481 e. The van der Waals surface area contributed by atoms with Gasteiger partial charge in [0, 0.05) is 0 Å². The molecule has 0 saturated carbocycles. The molecule has 0 saturated heterocycles. The van der Waals surface area contributed by atoms with Gasteiger partial charge in [-0.2, -0.15) is 0 Å². The molecular formula is C15H30N2O3. The number of likely N-dealkylation sites (N-methyl/N-ethyl adjacent to an activating group) is 2. The molecule has 0 amide bonds. The lowest BCUT2D eigenvalue weighted by molar-refractivity contribution is -0.139. The lowest BCUT2D eigenvalue weighted by atomic mass is 10.1. The molecule has 1 atom stereocenters. The number of nitrogens with zero attached hydrogens (tertiary/aromatic N) is 1. The molecule has 0 heterocycles. The van der Waals surface area contributed by atoms with Crippen LogP contribution in [0.1, 0.15) is 51.9 Å². The Kier molecular flexibility index (Phi) is 11.3. The number of carboxylic acid groups (broad SMARTS) is 1. The number of aliphatic carboxylic acids is 1. The molecule has 0 spiro atoms. The zero-order chi connectivity index (χ0) is 15.4. The van der Waals surface area contributed by atoms with E-state index < -0.39 is 12.0 Å². The summed E-state index contributed by atoms with van der Waals surface area (Å²) in [6.07, 6.45) is 7.24. The zero-order valence-electron chi connectivity index (χ0n) is 13.2. The van der Waals surface area contributed by atoms with Crippen molar-refractivity contribution in [1.82, 2.24) is 10.2 Å². The number of Topliss-reactive ketones (excluding diaryl/α,β-unsaturated/α-hetero) is 1. The van der Waals surface area contributed by atoms with Crippen LogP contribution in [0.4, 0.5) is 0 Å². The monoisotopic (exact) mass is 286 g/mol. The topological polar surface area (TPSA) is 69.6 Å². The van der Waals surface area contributed by atoms with Crippen molar-refractivity contribution in [3.8, 4) is 0 Å². The molecule has 0 fully saturated rings. The van der Waals surface area contributed by atoms with Crippen LogP contribution >= 0.6 is 0 Å². The predicted octanol–water partition coefficient (Wildman–Crippen LogP) is 1.91. The first kappa shape index (κ1) is 19.1. The van der Waals surface area contributed by atoms with Gasteiger partial charge in [0.15, 0.2) is 5.78 Å². The van der Waals surface area contributed by atoms with E-state index in [1.807, 2.05) is 11.9 Å². The van der Waals surface area contributed by atoms with E-state index in [-0.39, 0.29) is 12.2 Å². The van der Waals surface area contributed by atoms with Gasteiger partial charge in [-0.3, -0.25) is 14.5 Å². The standard InChI is InChI=1S/C15H30N2O3/c1-4-5-6-7-8-9-10-17(3)12-14(18)13(16-2)11-15(19)20/h13,16H,4-12H2,1-3H3,(H,19,20). The first-order valence-corrected chi connectivity index (χ1v) is 7.61. The third-order valence-corrected chi connectivity index (χ3v) is 3.44. The minimum atomic E-state index is -0.948. The summed E-state index contributed by atoms with van der Waals surface area (Å²) in [4.78, 5) is 24.6. The Morgan fingerprint density at radius 2 is 1.75 bits per heavy atom. The molecule has 0 rings (SSSR count). The van der Waals surface area contributed by atoms with Crippen LogP contribution in [0.25, 0.3) is 0 Å². The second-order valence-electron chi connectivity index (χ2n) is 5.41. The summed E-state index contributed by atoms with van der Waals surface area (Å²) in [5.41, 5.74) is 0. The quantitative estimate of drug-likeness (QED) is 0.506. The highest BCUT2D eigenvalue weighted by Crippen LogP contribution is 2.05. The maximum absolute atomic E-state index is 11.9. The van der Waals surface area contributed by atoms with E-state index in [1.165, 1.54) is 32.1 Å². The molecule has 0 radical (unpaired) electrons. The summed E-state index contributed by atoms with van der Waals surface area (Å²) >= 11 is 0. The van der Waals surface area contributed by atoms with Gasteiger partial charge < -0.3 is 10.4 Å². The highest BCUT2D eigenvalue weighted by Gasteiger charge is 2.20. The lowest BCUT2D eigenvalue weighted by Crippen LogP contribution is -2.42. The van der Waals surface area contributed by atoms with E-state index in [2.05, 4.69) is 12.2 Å². The van der Waals surface area contributed by atoms with Crippen molar-refractivity contribution in [3.63, 3.8) is 0 Å². The Bertz CT molecular complexity index is 282. The van der Waals surface area contributed by atoms with Crippen molar-refractivity contribution in [2.75, 3.05) is 27.2 Å². The molecular weight excluding hydrogens is 256 g/mol. The van der Waals surface area contributed by atoms with Crippen LogP contribution in [-0.4, -0.2) is 55.0 Å². The summed E-state index contributed by atoms with van der Waals surface area (Å²) in [6, 6.07) is -0.584. The Morgan fingerprint density at radius 1 is 1.15 bits per heavy atom. The molecule has 0 aliphatic heterocycles. The second-order valence-corrected chi connectivity index (χ2v) is 5.41. The summed E-state index contributed by atoms with van der Waals surface area (Å²) in [5, 5.41) is 11.5. The Labute approximate surface area is 122 Å². The minimum absolute atomic E-state index is 0.0524. The first-order chi connectivity index (χ1) is 9.51. The molecule has 0 aromatic heterocycles. The third-order valence-electron chi connectivity index (χ3n) is 3.44. The fourth-order valence-electron chi connectivity index (χ4n) is 2.17. The van der Waals surface area contributed by atoms with Gasteiger partial charge in [-0.1, -0.05) is 39.0 Å². The molecule has 0 aromatic carbocycles. The van der Waals surface area contributed by atoms with Crippen LogP contribution in [0.2, 0.25) is 0 Å². The van der Waals surface area contributed by atoms with Gasteiger partial charge in [-0.05, 0) is 27.1 Å². The molecule has 0 aromatic rings. The third kappa shape index (κ3) is 9.92. The van der Waals surface area contributed by atoms with Crippen molar-refractivity contribution in [2.45, 2.75) is 57.9 Å². The Hall–Kier alpha value is -0.940. The Morgan fingerprint density at radius 3 is 2.30 bits per heavy atom. The van der Waals surface area contributed by atoms with E-state index in [1.54, 1.807) is 7.05 Å². The highest BCUT2D eigenvalue weighted by atomic mass is 16.4. The van der Waals surface area contributed by atoms with Crippen molar-refractivity contribution >= 4 is 11.8 Å². The molecule has 0 aliphatic carbocycles. The number of rotatable bonds is 13. The maximum Gasteiger partial charge on any atom is 0.305 e. The van der Waals surface area contributed by atoms with Gasteiger partial charge >= 0.3 is 5.97 Å². The van der Waals surface area contributed by atoms with Crippen LogP contribution in [-0.2, 0) is 9.59 Å². The number of ketones is 1. The number of hydrogen-bond donors (Lipinski definition) is 2. The highest BCUT2D eigenvalue weighted by molar-refractivity contribution is 5.89. The SMILES string of the molecule is CCCCCCCCN(C)CC(=O)C(CC(=O)O)NC. The first-order valence-electron chi connectivity index (χ1n) is 7.61. The van der Waals surface area contributed by atoms with E-state index >= 15 is 0 Å². The van der Waals surface area contributed by atoms with Crippen molar-refractivity contribution in [3.05, 3.63) is 0 Å². The number of nitrogens with one attached hydrogen (secondary N) is 1. The van der Waals surface area contributed by atoms with Gasteiger partial charge in [0.05, 0.1) is 19.0 Å². The smallest absolute Gasteiger partial charge is 0.305 e. The van der Waals surface area contributed by atoms with E-state index in [4.69, 9.17) is 5.11 Å². The second kappa shape index (κ2) is 11.9. The summed E-state index contributed by atoms with van der Waals surface area (Å²) in [7, 11) is 3.54. The van der Waals surface area contributed by atoms with Crippen LogP contribution in [0.5, 0.6) is 0 Å². The van der Waals surface area contributed by atoms with Gasteiger partial charge in [0.1, 0.15) is 0 Å². The summed E-state index contributed by atoms with van der Waals surface area (Å²) in [5.74, 6) is -1.00. The normalized spacial score (nSPS) is 12.6. The van der Waals surface area contributed by atoms with Crippen LogP contribution in [0, 0.1) is 0 Å². The zero-order valence-corrected chi connectivity index (χ0v) is 13.2. The average Bonchev–Trinajstić information content (AvgIpc) is 2.39. The number of carboxylic acids is 1. The van der Waals surface area contributed by atoms with E-state index in [0.717, 1.165) is 13.0 Å². The summed E-state index contributed by atoms with van der Waals surface area (Å²) < 4.78 is 0. The molecule has 5 nitrogen and oxygen atoms in total. The summed E-state index contributed by atoms with van der Waals surface area (Å²) in [6.45, 7) is 3.41. The predicted molar refractivity (Wildman–Crippen MR) is 81.0 cm³/mol. The minimum Gasteiger partial charge on any atom is -0.481 e. The van der Waals surface area contributed by atoms with Crippen LogP contribution in [0.3, 0.4) is 0 Å². The van der Waals surface area contributed by atoms with Gasteiger partial charge in [0.2, 0.25) is 0 Å². The molecule has 20 heavy (non-hydrogen) atoms. The van der Waals surface area contributed by atoms with Crippen molar-refractivity contribution in [2.24, 2.45) is 0 Å². The lowest BCUT2D eigenvalue weighted by Gasteiger charge is -2.19. The fraction of sp³-hybridized carbons (Fsp3) is 0.867. The van der Waals surface area contributed by atoms with Crippen molar-refractivity contribution < 1.29 is 14.7 Å². The number of hydrogen-bond acceptors (Lipinski definition) is 4. The molecule has 5 heteroatoms. The van der Waals surface area contributed by atoms with Gasteiger partial charge in [-0.15, -0.1) is 0 Å². The fourth-order valence-corrected chi connectivity index (χ4v) is 2.17. The molecule has 0 bridgehead atoms. The van der Waals surface area contributed by atoms with Gasteiger partial charge in [-0.25, -0.2) is 0 Å². The Balaban J connectivity index is 3.80. The average molecular weight is 286 g/mol. The molecule has 118 valence electrons. The van der Waals surface area contributed by atoms with E-state index in [9.17, 15) is 9.59 Å². The van der Waals surface area contributed by atoms with Crippen LogP contribution in [0.15, 0.2) is 0 Å². The molecule has 2 N–H and O–H groups in total. The van der Waals surface area contributed by atoms with Crippen LogP contribution < -0.4 is 5.32 Å². The maximum atomic E-state index is 11.9. The molecule has 0 aliphatic rings. The van der Waals surface area contributed by atoms with Crippen molar-refractivity contribution in [1.29, 1.82) is 0 Å². The number of carbonyl (C=O) groups excluding carboxylic acids is 1. The number of carbonyl (C=O) groups is 2. The van der Waals surface area contributed by atoms with E-state index in [0.29, 0.717) is 6.54 Å². The number of unbranched alkanes of at least 4 members (excludes halogenated alkanes) is 5. The molecule has 1 unspecified atom stereocenters. The van der Waals surface area contributed by atoms with Gasteiger partial charge in [0.25, 0.3) is 0 Å².